The molecular weight excluding hydrogens is 240 g/mol. The number of esters is 1. The summed E-state index contributed by atoms with van der Waals surface area (Å²) < 4.78 is 5.39. The predicted octanol–water partition coefficient (Wildman–Crippen LogP) is 2.26. The maximum atomic E-state index is 12.1. The Balaban J connectivity index is 1.57. The maximum absolute atomic E-state index is 12.1. The number of fused-ring (bicyclic) bond motifs is 1. The van der Waals surface area contributed by atoms with Crippen molar-refractivity contribution < 1.29 is 9.53 Å². The number of nitrogens with one attached hydrogen (secondary N) is 1. The third-order valence-electron chi connectivity index (χ3n) is 3.57. The summed E-state index contributed by atoms with van der Waals surface area (Å²) >= 11 is 0. The Morgan fingerprint density at radius 1 is 1.37 bits per heavy atom. The van der Waals surface area contributed by atoms with E-state index in [0.717, 1.165) is 36.1 Å². The number of hydrogen-bond acceptors (Lipinski definition) is 3. The van der Waals surface area contributed by atoms with Gasteiger partial charge in [-0.25, -0.2) is 0 Å². The molecule has 1 aliphatic carbocycles. The average Bonchev–Trinajstić information content (AvgIpc) is 2.93. The number of ether oxygens (including phenoxy) is 1. The van der Waals surface area contributed by atoms with E-state index < -0.39 is 0 Å². The van der Waals surface area contributed by atoms with Crippen molar-refractivity contribution in [2.45, 2.75) is 25.9 Å². The first-order chi connectivity index (χ1) is 9.33. The van der Waals surface area contributed by atoms with E-state index in [4.69, 9.17) is 4.74 Å². The zero-order valence-corrected chi connectivity index (χ0v) is 10.6. The third kappa shape index (κ3) is 2.67. The van der Waals surface area contributed by atoms with Crippen LogP contribution in [0.4, 0.5) is 0 Å². The molecular formula is C15H16N2O2. The number of hydrogen-bond donors (Lipinski definition) is 1. The summed E-state index contributed by atoms with van der Waals surface area (Å²) in [6.07, 6.45) is 4.26. The van der Waals surface area contributed by atoms with Gasteiger partial charge in [-0.05, 0) is 30.4 Å². The molecule has 0 saturated carbocycles. The molecule has 4 heteroatoms. The van der Waals surface area contributed by atoms with Crippen LogP contribution >= 0.6 is 0 Å². The quantitative estimate of drug-likeness (QED) is 0.857. The molecule has 1 aliphatic rings. The molecule has 0 aliphatic heterocycles. The van der Waals surface area contributed by atoms with Crippen molar-refractivity contribution in [1.29, 1.82) is 0 Å². The summed E-state index contributed by atoms with van der Waals surface area (Å²) in [7, 11) is 0. The van der Waals surface area contributed by atoms with Gasteiger partial charge in [-0.15, -0.1) is 0 Å². The van der Waals surface area contributed by atoms with Crippen LogP contribution in [0.25, 0.3) is 0 Å². The first-order valence-electron chi connectivity index (χ1n) is 6.54. The van der Waals surface area contributed by atoms with Gasteiger partial charge in [-0.1, -0.05) is 30.3 Å². The van der Waals surface area contributed by atoms with Gasteiger partial charge in [-0.3, -0.25) is 9.89 Å². The van der Waals surface area contributed by atoms with E-state index in [0.29, 0.717) is 6.61 Å². The zero-order valence-electron chi connectivity index (χ0n) is 10.6. The van der Waals surface area contributed by atoms with E-state index in [2.05, 4.69) is 10.2 Å². The maximum Gasteiger partial charge on any atom is 0.309 e. The van der Waals surface area contributed by atoms with Crippen molar-refractivity contribution in [1.82, 2.24) is 10.2 Å². The van der Waals surface area contributed by atoms with Crippen LogP contribution in [0.2, 0.25) is 0 Å². The predicted molar refractivity (Wildman–Crippen MR) is 70.3 cm³/mol. The molecule has 4 nitrogen and oxygen atoms in total. The number of aromatic amines is 1. The summed E-state index contributed by atoms with van der Waals surface area (Å²) in [6, 6.07) is 9.76. The van der Waals surface area contributed by atoms with Crippen LogP contribution in [0.15, 0.2) is 36.5 Å². The molecule has 0 radical (unpaired) electrons. The molecule has 0 spiro atoms. The largest absolute Gasteiger partial charge is 0.461 e. The zero-order chi connectivity index (χ0) is 13.1. The van der Waals surface area contributed by atoms with Crippen LogP contribution in [0.1, 0.15) is 23.2 Å². The first-order valence-corrected chi connectivity index (χ1v) is 6.54. The number of rotatable bonds is 3. The van der Waals surface area contributed by atoms with Crippen LogP contribution in [-0.2, 0) is 29.0 Å². The van der Waals surface area contributed by atoms with Gasteiger partial charge in [0.25, 0.3) is 0 Å². The Morgan fingerprint density at radius 2 is 2.21 bits per heavy atom. The SMILES string of the molecule is O=C(OCc1ccccc1)C1CCc2[nH]ncc2C1. The van der Waals surface area contributed by atoms with Crippen LogP contribution in [0.5, 0.6) is 0 Å². The lowest BCUT2D eigenvalue weighted by atomic mass is 9.88. The second-order valence-corrected chi connectivity index (χ2v) is 4.91. The van der Waals surface area contributed by atoms with Crippen molar-refractivity contribution in [3.05, 3.63) is 53.3 Å². The van der Waals surface area contributed by atoms with E-state index >= 15 is 0 Å². The van der Waals surface area contributed by atoms with Gasteiger partial charge < -0.3 is 4.74 Å². The summed E-state index contributed by atoms with van der Waals surface area (Å²) in [6.45, 7) is 0.356. The minimum atomic E-state index is -0.101. The smallest absolute Gasteiger partial charge is 0.309 e. The second kappa shape index (κ2) is 5.26. The van der Waals surface area contributed by atoms with E-state index in [9.17, 15) is 4.79 Å². The number of carbonyl (C=O) groups is 1. The molecule has 0 bridgehead atoms. The highest BCUT2D eigenvalue weighted by atomic mass is 16.5. The highest BCUT2D eigenvalue weighted by Gasteiger charge is 2.26. The lowest BCUT2D eigenvalue weighted by molar-refractivity contribution is -0.150. The van der Waals surface area contributed by atoms with Crippen molar-refractivity contribution in [2.24, 2.45) is 5.92 Å². The fourth-order valence-electron chi connectivity index (χ4n) is 2.46. The molecule has 1 aromatic heterocycles. The molecule has 1 N–H and O–H groups in total. The van der Waals surface area contributed by atoms with Gasteiger partial charge in [0.05, 0.1) is 12.1 Å². The van der Waals surface area contributed by atoms with Gasteiger partial charge in [-0.2, -0.15) is 5.10 Å². The molecule has 0 saturated heterocycles. The number of carbonyl (C=O) groups excluding carboxylic acids is 1. The standard InChI is InChI=1S/C15H16N2O2/c18-15(19-10-11-4-2-1-3-5-11)12-6-7-14-13(8-12)9-16-17-14/h1-5,9,12H,6-8,10H2,(H,16,17). The Labute approximate surface area is 111 Å². The van der Waals surface area contributed by atoms with Crippen molar-refractivity contribution in [3.63, 3.8) is 0 Å². The molecule has 1 aromatic carbocycles. The molecule has 2 aromatic rings. The molecule has 0 fully saturated rings. The minimum Gasteiger partial charge on any atom is -0.461 e. The van der Waals surface area contributed by atoms with Gasteiger partial charge >= 0.3 is 5.97 Å². The van der Waals surface area contributed by atoms with E-state index in [1.165, 1.54) is 0 Å². The van der Waals surface area contributed by atoms with Crippen molar-refractivity contribution in [3.8, 4) is 0 Å². The Hall–Kier alpha value is -2.10. The molecule has 0 amide bonds. The van der Waals surface area contributed by atoms with Crippen LogP contribution < -0.4 is 0 Å². The van der Waals surface area contributed by atoms with Crippen LogP contribution in [0, 0.1) is 5.92 Å². The molecule has 3 rings (SSSR count). The van der Waals surface area contributed by atoms with E-state index in [-0.39, 0.29) is 11.9 Å². The number of aryl methyl sites for hydroxylation is 1. The number of nitrogens with zero attached hydrogens (tertiary/aromatic N) is 1. The molecule has 1 heterocycles. The Morgan fingerprint density at radius 3 is 3.05 bits per heavy atom. The monoisotopic (exact) mass is 256 g/mol. The van der Waals surface area contributed by atoms with Crippen molar-refractivity contribution >= 4 is 5.97 Å². The molecule has 1 unspecified atom stereocenters. The van der Waals surface area contributed by atoms with Crippen LogP contribution in [0.3, 0.4) is 0 Å². The van der Waals surface area contributed by atoms with E-state index in [1.807, 2.05) is 36.5 Å². The summed E-state index contributed by atoms with van der Waals surface area (Å²) in [5.74, 6) is -0.135. The molecule has 19 heavy (non-hydrogen) atoms. The summed E-state index contributed by atoms with van der Waals surface area (Å²) in [4.78, 5) is 12.1. The Kier molecular flexibility index (Phi) is 3.31. The fraction of sp³-hybridized carbons (Fsp3) is 0.333. The lowest BCUT2D eigenvalue weighted by Gasteiger charge is -2.20. The normalized spacial score (nSPS) is 17.8. The topological polar surface area (TPSA) is 55.0 Å². The van der Waals surface area contributed by atoms with Gasteiger partial charge in [0.2, 0.25) is 0 Å². The highest BCUT2D eigenvalue weighted by molar-refractivity contribution is 5.73. The second-order valence-electron chi connectivity index (χ2n) is 4.91. The lowest BCUT2D eigenvalue weighted by Crippen LogP contribution is -2.24. The van der Waals surface area contributed by atoms with E-state index in [1.54, 1.807) is 0 Å². The number of aromatic nitrogens is 2. The van der Waals surface area contributed by atoms with Gasteiger partial charge in [0, 0.05) is 5.69 Å². The number of benzene rings is 1. The van der Waals surface area contributed by atoms with Gasteiger partial charge in [0.15, 0.2) is 0 Å². The summed E-state index contributed by atoms with van der Waals surface area (Å²) in [5.41, 5.74) is 3.33. The first kappa shape index (κ1) is 12.0. The number of H-pyrrole nitrogens is 1. The highest BCUT2D eigenvalue weighted by Crippen LogP contribution is 2.24. The molecule has 1 atom stereocenters. The fourth-order valence-corrected chi connectivity index (χ4v) is 2.46. The minimum absolute atomic E-state index is 0.0335. The third-order valence-corrected chi connectivity index (χ3v) is 3.57. The Bertz CT molecular complexity index is 563. The van der Waals surface area contributed by atoms with Crippen molar-refractivity contribution in [2.75, 3.05) is 0 Å². The van der Waals surface area contributed by atoms with Gasteiger partial charge in [0.1, 0.15) is 6.61 Å². The average molecular weight is 256 g/mol. The molecule has 98 valence electrons. The van der Waals surface area contributed by atoms with Crippen LogP contribution in [-0.4, -0.2) is 16.2 Å². The summed E-state index contributed by atoms with van der Waals surface area (Å²) in [5, 5.41) is 6.99.